The molecule has 0 aromatic rings. The van der Waals surface area contributed by atoms with Crippen molar-refractivity contribution in [3.8, 4) is 0 Å². The molecule has 0 N–H and O–H groups in total. The molecule has 0 aromatic carbocycles. The first kappa shape index (κ1) is 17.5. The summed E-state index contributed by atoms with van der Waals surface area (Å²) < 4.78 is 8.27. The molecular formula is C14H32PY+. The van der Waals surface area contributed by atoms with Crippen LogP contribution in [-0.2, 0) is 32.7 Å². The van der Waals surface area contributed by atoms with Gasteiger partial charge in [0, 0.05) is 40.0 Å². The molecule has 0 saturated heterocycles. The zero-order valence-electron chi connectivity index (χ0n) is 13.0. The Morgan fingerprint density at radius 2 is 1.06 bits per heavy atom. The molecule has 1 atom stereocenters. The quantitative estimate of drug-likeness (QED) is 0.471. The van der Waals surface area contributed by atoms with Crippen molar-refractivity contribution in [2.24, 2.45) is 0 Å². The van der Waals surface area contributed by atoms with Crippen LogP contribution in [0, 0.1) is 0 Å². The van der Waals surface area contributed by atoms with Crippen LogP contribution in [0.4, 0.5) is 0 Å². The summed E-state index contributed by atoms with van der Waals surface area (Å²) in [4.78, 5) is 0. The van der Waals surface area contributed by atoms with Crippen LogP contribution in [0.25, 0.3) is 0 Å². The number of hydrogen-bond acceptors (Lipinski definition) is 0. The van der Waals surface area contributed by atoms with Gasteiger partial charge in [0.15, 0.2) is 0 Å². The van der Waals surface area contributed by atoms with Crippen LogP contribution < -0.4 is 0 Å². The molecule has 0 fully saturated rings. The summed E-state index contributed by atoms with van der Waals surface area (Å²) in [6.45, 7) is 9.00. The minimum absolute atomic E-state index is 0. The van der Waals surface area contributed by atoms with Crippen LogP contribution >= 0.6 is 7.26 Å². The van der Waals surface area contributed by atoms with Crippen LogP contribution in [0.3, 0.4) is 0 Å². The van der Waals surface area contributed by atoms with Crippen LogP contribution in [0.5, 0.6) is 0 Å². The molecule has 0 aliphatic rings. The predicted molar refractivity (Wildman–Crippen MR) is 76.8 cm³/mol. The predicted octanol–water partition coefficient (Wildman–Crippen LogP) is 5.42. The average molecular weight is 321 g/mol. The fraction of sp³-hybridized carbons (Fsp3) is 1.00. The summed E-state index contributed by atoms with van der Waals surface area (Å²) in [5, 5.41) is 0. The van der Waals surface area contributed by atoms with Crippen LogP contribution in [-0.4, -0.2) is 24.6 Å². The molecule has 0 aromatic heterocycles. The molecule has 0 aliphatic heterocycles. The first-order chi connectivity index (χ1) is 7.63. The van der Waals surface area contributed by atoms with Gasteiger partial charge >= 0.3 is 0 Å². The third-order valence-electron chi connectivity index (χ3n) is 3.42. The van der Waals surface area contributed by atoms with Crippen LogP contribution in [0.2, 0.25) is 0 Å². The Labute approximate surface area is 131 Å². The van der Waals surface area contributed by atoms with E-state index in [0.29, 0.717) is 0 Å². The average Bonchev–Trinajstić information content (AvgIpc) is 2.28. The SMILES string of the molecule is [2H]C(C)[P+](CCCC)(CCCC)CCCC.[Y]. The zero-order valence-corrected chi connectivity index (χ0v) is 15.7. The molecule has 0 saturated carbocycles. The number of rotatable bonds is 10. The van der Waals surface area contributed by atoms with Crippen molar-refractivity contribution in [2.75, 3.05) is 24.6 Å². The third-order valence-corrected chi connectivity index (χ3v) is 8.13. The van der Waals surface area contributed by atoms with Gasteiger partial charge in [-0.15, -0.1) is 0 Å². The molecular weight excluding hydrogens is 288 g/mol. The minimum atomic E-state index is -0.951. The second kappa shape index (κ2) is 13.0. The molecule has 0 aliphatic carbocycles. The van der Waals surface area contributed by atoms with Crippen molar-refractivity contribution < 1.29 is 34.1 Å². The van der Waals surface area contributed by atoms with Gasteiger partial charge in [0.25, 0.3) is 0 Å². The van der Waals surface area contributed by atoms with E-state index in [1.165, 1.54) is 57.0 Å². The first-order valence-corrected chi connectivity index (χ1v) is 9.32. The zero-order chi connectivity index (χ0) is 12.4. The van der Waals surface area contributed by atoms with E-state index in [1.54, 1.807) is 0 Å². The second-order valence-corrected chi connectivity index (χ2v) is 9.00. The summed E-state index contributed by atoms with van der Waals surface area (Å²) in [7, 11) is -0.951. The summed E-state index contributed by atoms with van der Waals surface area (Å²) in [6.07, 6.45) is 12.3. The molecule has 0 heterocycles. The molecule has 2 heteroatoms. The Balaban J connectivity index is 0. The van der Waals surface area contributed by atoms with Gasteiger partial charge in [-0.1, -0.05) is 40.0 Å². The van der Waals surface area contributed by atoms with Crippen molar-refractivity contribution >= 4 is 7.26 Å². The minimum Gasteiger partial charge on any atom is -0.0652 e. The van der Waals surface area contributed by atoms with E-state index < -0.39 is 7.26 Å². The van der Waals surface area contributed by atoms with Crippen molar-refractivity contribution in [1.29, 1.82) is 0 Å². The molecule has 0 spiro atoms. The van der Waals surface area contributed by atoms with Crippen LogP contribution in [0.1, 0.15) is 67.6 Å². The molecule has 0 bridgehead atoms. The molecule has 16 heavy (non-hydrogen) atoms. The summed E-state index contributed by atoms with van der Waals surface area (Å²) in [5.41, 5.74) is 0. The summed E-state index contributed by atoms with van der Waals surface area (Å²) >= 11 is 0. The number of hydrogen-bond donors (Lipinski definition) is 0. The van der Waals surface area contributed by atoms with Gasteiger partial charge in [-0.2, -0.15) is 0 Å². The van der Waals surface area contributed by atoms with E-state index in [-0.39, 0.29) is 38.8 Å². The molecule has 0 amide bonds. The fourth-order valence-electron chi connectivity index (χ4n) is 2.14. The Morgan fingerprint density at radius 1 is 0.750 bits per heavy atom. The van der Waals surface area contributed by atoms with Gasteiger partial charge < -0.3 is 0 Å². The maximum Gasteiger partial charge on any atom is 0.0705 e. The van der Waals surface area contributed by atoms with Crippen molar-refractivity contribution in [3.63, 3.8) is 0 Å². The summed E-state index contributed by atoms with van der Waals surface area (Å²) in [6, 6.07) is 0. The van der Waals surface area contributed by atoms with E-state index in [0.717, 1.165) is 0 Å². The fourth-order valence-corrected chi connectivity index (χ4v) is 6.43. The van der Waals surface area contributed by atoms with Crippen molar-refractivity contribution in [3.05, 3.63) is 0 Å². The maximum atomic E-state index is 8.27. The first-order valence-electron chi connectivity index (χ1n) is 7.48. The Hall–Kier alpha value is 1.53. The van der Waals surface area contributed by atoms with E-state index >= 15 is 0 Å². The molecule has 0 rings (SSSR count). The standard InChI is InChI=1S/C14H32P.Y/c1-5-9-12-15(8-4,13-10-6-2)14-11-7-3;/h5-14H2,1-4H3;/q+1;/i8D;. The largest absolute Gasteiger partial charge is 0.0705 e. The van der Waals surface area contributed by atoms with Crippen LogP contribution in [0.15, 0.2) is 0 Å². The van der Waals surface area contributed by atoms with Gasteiger partial charge in [0.2, 0.25) is 0 Å². The Kier molecular flexibility index (Phi) is 14.2. The van der Waals surface area contributed by atoms with Crippen molar-refractivity contribution in [1.82, 2.24) is 0 Å². The van der Waals surface area contributed by atoms with E-state index in [9.17, 15) is 0 Å². The van der Waals surface area contributed by atoms with Gasteiger partial charge in [0.05, 0.1) is 26.0 Å². The second-order valence-electron chi connectivity index (χ2n) is 4.71. The van der Waals surface area contributed by atoms with Gasteiger partial charge in [-0.3, -0.25) is 0 Å². The smallest absolute Gasteiger partial charge is 0.0652 e. The van der Waals surface area contributed by atoms with Gasteiger partial charge in [-0.25, -0.2) is 0 Å². The van der Waals surface area contributed by atoms with E-state index in [4.69, 9.17) is 1.37 Å². The van der Waals surface area contributed by atoms with Gasteiger partial charge in [0.1, 0.15) is 0 Å². The Bertz CT molecular complexity index is 141. The van der Waals surface area contributed by atoms with Gasteiger partial charge in [-0.05, 0) is 26.2 Å². The van der Waals surface area contributed by atoms with E-state index in [1.807, 2.05) is 0 Å². The summed E-state index contributed by atoms with van der Waals surface area (Å²) in [5.74, 6) is 0. The molecule has 95 valence electrons. The molecule has 1 unspecified atom stereocenters. The molecule has 1 radical (unpaired) electrons. The monoisotopic (exact) mass is 321 g/mol. The maximum absolute atomic E-state index is 8.27. The van der Waals surface area contributed by atoms with Crippen molar-refractivity contribution in [2.45, 2.75) is 66.2 Å². The van der Waals surface area contributed by atoms with E-state index in [2.05, 4.69) is 27.7 Å². The number of unbranched alkanes of at least 4 members (excludes halogenated alkanes) is 3. The molecule has 0 nitrogen and oxygen atoms in total. The topological polar surface area (TPSA) is 0 Å². The normalized spacial score (nSPS) is 14.1. The Morgan fingerprint density at radius 3 is 1.25 bits per heavy atom. The third kappa shape index (κ3) is 8.60.